The van der Waals surface area contributed by atoms with Gasteiger partial charge in [-0.1, -0.05) is 24.3 Å². The summed E-state index contributed by atoms with van der Waals surface area (Å²) in [5.41, 5.74) is 2.41. The Labute approximate surface area is 118 Å². The van der Waals surface area contributed by atoms with Gasteiger partial charge in [-0.15, -0.1) is 0 Å². The fourth-order valence-corrected chi connectivity index (χ4v) is 2.11. The molecule has 0 heterocycles. The molecule has 5 nitrogen and oxygen atoms in total. The number of carbonyl (C=O) groups excluding carboxylic acids is 1. The predicted octanol–water partition coefficient (Wildman–Crippen LogP) is 2.40. The van der Waals surface area contributed by atoms with Crippen molar-refractivity contribution in [3.8, 4) is 0 Å². The SMILES string of the molecule is CC(NC(=O)NCCC(=O)O)c1cccc(C2CC2)c1. The summed E-state index contributed by atoms with van der Waals surface area (Å²) in [6.45, 7) is 2.05. The van der Waals surface area contributed by atoms with Crippen molar-refractivity contribution in [1.29, 1.82) is 0 Å². The third kappa shape index (κ3) is 4.26. The molecule has 0 saturated heterocycles. The summed E-state index contributed by atoms with van der Waals surface area (Å²) in [5.74, 6) is -0.234. The van der Waals surface area contributed by atoms with Crippen molar-refractivity contribution in [2.75, 3.05) is 6.54 Å². The van der Waals surface area contributed by atoms with Gasteiger partial charge in [0.05, 0.1) is 12.5 Å². The van der Waals surface area contributed by atoms with Crippen LogP contribution in [-0.4, -0.2) is 23.7 Å². The molecule has 108 valence electrons. The number of amides is 2. The number of benzene rings is 1. The highest BCUT2D eigenvalue weighted by Gasteiger charge is 2.23. The van der Waals surface area contributed by atoms with Gasteiger partial charge in [-0.25, -0.2) is 4.79 Å². The van der Waals surface area contributed by atoms with E-state index in [0.717, 1.165) is 5.56 Å². The normalized spacial score (nSPS) is 15.4. The molecule has 0 bridgehead atoms. The van der Waals surface area contributed by atoms with E-state index < -0.39 is 5.97 Å². The molecule has 1 fully saturated rings. The molecule has 0 aromatic heterocycles. The van der Waals surface area contributed by atoms with E-state index in [1.165, 1.54) is 18.4 Å². The van der Waals surface area contributed by atoms with E-state index in [4.69, 9.17) is 5.11 Å². The van der Waals surface area contributed by atoms with Crippen LogP contribution >= 0.6 is 0 Å². The van der Waals surface area contributed by atoms with Crippen LogP contribution < -0.4 is 10.6 Å². The zero-order chi connectivity index (χ0) is 14.5. The fraction of sp³-hybridized carbons (Fsp3) is 0.467. The highest BCUT2D eigenvalue weighted by atomic mass is 16.4. The standard InChI is InChI=1S/C15H20N2O3/c1-10(17-15(20)16-8-7-14(18)19)12-3-2-4-13(9-12)11-5-6-11/h2-4,9-11H,5-8H2,1H3,(H,18,19)(H2,16,17,20). The lowest BCUT2D eigenvalue weighted by Crippen LogP contribution is -2.38. The van der Waals surface area contributed by atoms with E-state index in [9.17, 15) is 9.59 Å². The second-order valence-electron chi connectivity index (χ2n) is 5.21. The highest BCUT2D eigenvalue weighted by molar-refractivity contribution is 5.75. The lowest BCUT2D eigenvalue weighted by atomic mass is 10.0. The zero-order valence-corrected chi connectivity index (χ0v) is 11.6. The van der Waals surface area contributed by atoms with Crippen molar-refractivity contribution >= 4 is 12.0 Å². The number of nitrogens with one attached hydrogen (secondary N) is 2. The molecule has 20 heavy (non-hydrogen) atoms. The van der Waals surface area contributed by atoms with E-state index in [1.807, 2.05) is 19.1 Å². The Balaban J connectivity index is 1.84. The van der Waals surface area contributed by atoms with E-state index in [1.54, 1.807) is 0 Å². The van der Waals surface area contributed by atoms with Crippen molar-refractivity contribution in [1.82, 2.24) is 10.6 Å². The number of urea groups is 1. The molecule has 1 saturated carbocycles. The van der Waals surface area contributed by atoms with Gasteiger partial charge in [0.2, 0.25) is 0 Å². The Kier molecular flexibility index (Phi) is 4.61. The first-order chi connectivity index (χ1) is 9.56. The average Bonchev–Trinajstić information content (AvgIpc) is 3.22. The quantitative estimate of drug-likeness (QED) is 0.746. The number of carboxylic acid groups (broad SMARTS) is 1. The molecule has 2 amide bonds. The maximum absolute atomic E-state index is 11.6. The van der Waals surface area contributed by atoms with E-state index in [0.29, 0.717) is 5.92 Å². The summed E-state index contributed by atoms with van der Waals surface area (Å²) >= 11 is 0. The van der Waals surface area contributed by atoms with Gasteiger partial charge in [0.1, 0.15) is 0 Å². The smallest absolute Gasteiger partial charge is 0.315 e. The van der Waals surface area contributed by atoms with Crippen molar-refractivity contribution in [3.05, 3.63) is 35.4 Å². The van der Waals surface area contributed by atoms with Crippen LogP contribution in [-0.2, 0) is 4.79 Å². The summed E-state index contributed by atoms with van der Waals surface area (Å²) < 4.78 is 0. The average molecular weight is 276 g/mol. The number of hydrogen-bond donors (Lipinski definition) is 3. The molecule has 1 aromatic carbocycles. The lowest BCUT2D eigenvalue weighted by Gasteiger charge is -2.15. The zero-order valence-electron chi connectivity index (χ0n) is 11.6. The minimum absolute atomic E-state index is 0.0705. The van der Waals surface area contributed by atoms with Gasteiger partial charge in [-0.05, 0) is 36.8 Å². The van der Waals surface area contributed by atoms with Crippen LogP contribution in [0.3, 0.4) is 0 Å². The van der Waals surface area contributed by atoms with Crippen LogP contribution in [0.1, 0.15) is 49.3 Å². The monoisotopic (exact) mass is 276 g/mol. The Morgan fingerprint density at radius 2 is 2.15 bits per heavy atom. The van der Waals surface area contributed by atoms with Crippen LogP contribution in [0.5, 0.6) is 0 Å². The summed E-state index contributed by atoms with van der Waals surface area (Å²) in [6.07, 6.45) is 2.43. The van der Waals surface area contributed by atoms with Crippen LogP contribution in [0, 0.1) is 0 Å². The molecule has 1 aliphatic rings. The minimum atomic E-state index is -0.921. The second-order valence-corrected chi connectivity index (χ2v) is 5.21. The molecule has 2 rings (SSSR count). The molecular formula is C15H20N2O3. The Morgan fingerprint density at radius 3 is 2.80 bits per heavy atom. The van der Waals surface area contributed by atoms with Gasteiger partial charge in [0.15, 0.2) is 0 Å². The van der Waals surface area contributed by atoms with Crippen LogP contribution in [0.4, 0.5) is 4.79 Å². The van der Waals surface area contributed by atoms with Crippen LogP contribution in [0.25, 0.3) is 0 Å². The van der Waals surface area contributed by atoms with Crippen molar-refractivity contribution in [2.24, 2.45) is 0 Å². The number of rotatable bonds is 6. The first kappa shape index (κ1) is 14.4. The fourth-order valence-electron chi connectivity index (χ4n) is 2.11. The van der Waals surface area contributed by atoms with Crippen molar-refractivity contribution in [3.63, 3.8) is 0 Å². The highest BCUT2D eigenvalue weighted by Crippen LogP contribution is 2.40. The summed E-state index contributed by atoms with van der Waals surface area (Å²) in [4.78, 5) is 22.0. The molecule has 1 unspecified atom stereocenters. The van der Waals surface area contributed by atoms with Gasteiger partial charge < -0.3 is 15.7 Å². The van der Waals surface area contributed by atoms with E-state index in [2.05, 4.69) is 22.8 Å². The molecule has 0 radical (unpaired) electrons. The van der Waals surface area contributed by atoms with Gasteiger partial charge in [0, 0.05) is 6.54 Å². The third-order valence-corrected chi connectivity index (χ3v) is 3.43. The van der Waals surface area contributed by atoms with Gasteiger partial charge in [-0.2, -0.15) is 0 Å². The van der Waals surface area contributed by atoms with Crippen molar-refractivity contribution in [2.45, 2.75) is 38.1 Å². The predicted molar refractivity (Wildman–Crippen MR) is 75.6 cm³/mol. The van der Waals surface area contributed by atoms with Gasteiger partial charge in [0.25, 0.3) is 0 Å². The molecular weight excluding hydrogens is 256 g/mol. The molecule has 3 N–H and O–H groups in total. The second kappa shape index (κ2) is 6.41. The van der Waals surface area contributed by atoms with Crippen LogP contribution in [0.2, 0.25) is 0 Å². The van der Waals surface area contributed by atoms with E-state index in [-0.39, 0.29) is 25.0 Å². The first-order valence-electron chi connectivity index (χ1n) is 6.92. The van der Waals surface area contributed by atoms with Gasteiger partial charge >= 0.3 is 12.0 Å². The first-order valence-corrected chi connectivity index (χ1v) is 6.92. The summed E-state index contributed by atoms with van der Waals surface area (Å²) in [7, 11) is 0. The lowest BCUT2D eigenvalue weighted by molar-refractivity contribution is -0.136. The molecule has 5 heteroatoms. The number of carbonyl (C=O) groups is 2. The Hall–Kier alpha value is -2.04. The summed E-state index contributed by atoms with van der Waals surface area (Å²) in [5, 5.41) is 13.8. The number of carboxylic acids is 1. The maximum Gasteiger partial charge on any atom is 0.315 e. The Bertz CT molecular complexity index is 498. The van der Waals surface area contributed by atoms with E-state index >= 15 is 0 Å². The molecule has 0 aliphatic heterocycles. The molecule has 1 aliphatic carbocycles. The van der Waals surface area contributed by atoms with Gasteiger partial charge in [-0.3, -0.25) is 4.79 Å². The van der Waals surface area contributed by atoms with Crippen molar-refractivity contribution < 1.29 is 14.7 Å². The molecule has 0 spiro atoms. The molecule has 1 atom stereocenters. The maximum atomic E-state index is 11.6. The minimum Gasteiger partial charge on any atom is -0.481 e. The third-order valence-electron chi connectivity index (χ3n) is 3.43. The molecule has 1 aromatic rings. The Morgan fingerprint density at radius 1 is 1.40 bits per heavy atom. The number of aliphatic carboxylic acids is 1. The topological polar surface area (TPSA) is 78.4 Å². The number of hydrogen-bond acceptors (Lipinski definition) is 2. The van der Waals surface area contributed by atoms with Crippen LogP contribution in [0.15, 0.2) is 24.3 Å². The largest absolute Gasteiger partial charge is 0.481 e. The summed E-state index contributed by atoms with van der Waals surface area (Å²) in [6, 6.07) is 7.84.